The van der Waals surface area contributed by atoms with Crippen molar-refractivity contribution in [1.29, 1.82) is 0 Å². The van der Waals surface area contributed by atoms with E-state index < -0.39 is 11.9 Å². The number of carboxylic acid groups (broad SMARTS) is 1. The van der Waals surface area contributed by atoms with Crippen LogP contribution in [0.15, 0.2) is 24.3 Å². The molecule has 0 aromatic heterocycles. The van der Waals surface area contributed by atoms with Crippen LogP contribution in [0.5, 0.6) is 0 Å². The Morgan fingerprint density at radius 2 is 2.00 bits per heavy atom. The highest BCUT2D eigenvalue weighted by molar-refractivity contribution is 5.78. The Morgan fingerprint density at radius 3 is 2.65 bits per heavy atom. The summed E-state index contributed by atoms with van der Waals surface area (Å²) in [4.78, 5) is 24.8. The lowest BCUT2D eigenvalue weighted by Gasteiger charge is -2.30. The van der Waals surface area contributed by atoms with Crippen LogP contribution >= 0.6 is 0 Å². The van der Waals surface area contributed by atoms with Crippen molar-refractivity contribution >= 4 is 11.9 Å². The van der Waals surface area contributed by atoms with Crippen LogP contribution in [0.25, 0.3) is 0 Å². The Hall–Kier alpha value is -1.84. The largest absolute Gasteiger partial charge is 0.481 e. The van der Waals surface area contributed by atoms with Gasteiger partial charge >= 0.3 is 5.97 Å². The molecule has 1 atom stereocenters. The molecule has 1 aromatic carbocycles. The molecule has 1 saturated heterocycles. The molecule has 0 unspecified atom stereocenters. The number of piperidine rings is 1. The van der Waals surface area contributed by atoms with Gasteiger partial charge in [0, 0.05) is 19.5 Å². The van der Waals surface area contributed by atoms with Crippen LogP contribution in [0, 0.1) is 12.8 Å². The number of nitrogens with zero attached hydrogens (tertiary/aromatic N) is 1. The second-order valence-electron chi connectivity index (χ2n) is 5.50. The number of hydrogen-bond acceptors (Lipinski definition) is 2. The summed E-state index contributed by atoms with van der Waals surface area (Å²) in [6, 6.07) is 8.17. The number of rotatable bonds is 4. The minimum atomic E-state index is -0.791. The van der Waals surface area contributed by atoms with Gasteiger partial charge in [-0.25, -0.2) is 0 Å². The van der Waals surface area contributed by atoms with E-state index >= 15 is 0 Å². The summed E-state index contributed by atoms with van der Waals surface area (Å²) < 4.78 is 0. The SMILES string of the molecule is Cc1ccc(CCC(=O)N2CCC[C@@H](C(=O)O)C2)cc1. The first-order valence-electron chi connectivity index (χ1n) is 7.12. The van der Waals surface area contributed by atoms with E-state index in [1.165, 1.54) is 5.56 Å². The molecular weight excluding hydrogens is 254 g/mol. The fraction of sp³-hybridized carbons (Fsp3) is 0.500. The Kier molecular flexibility index (Phi) is 4.77. The topological polar surface area (TPSA) is 57.6 Å². The molecule has 108 valence electrons. The Bertz CT molecular complexity index is 481. The van der Waals surface area contributed by atoms with Crippen LogP contribution in [0.2, 0.25) is 0 Å². The van der Waals surface area contributed by atoms with Crippen molar-refractivity contribution in [2.75, 3.05) is 13.1 Å². The van der Waals surface area contributed by atoms with Crippen molar-refractivity contribution in [3.8, 4) is 0 Å². The minimum absolute atomic E-state index is 0.0662. The summed E-state index contributed by atoms with van der Waals surface area (Å²) in [6.45, 7) is 3.09. The maximum atomic E-state index is 12.1. The maximum Gasteiger partial charge on any atom is 0.308 e. The lowest BCUT2D eigenvalue weighted by Crippen LogP contribution is -2.42. The smallest absolute Gasteiger partial charge is 0.308 e. The van der Waals surface area contributed by atoms with Crippen molar-refractivity contribution in [2.24, 2.45) is 5.92 Å². The molecule has 0 spiro atoms. The molecule has 1 aliphatic rings. The first kappa shape index (κ1) is 14.6. The predicted molar refractivity (Wildman–Crippen MR) is 76.4 cm³/mol. The first-order chi connectivity index (χ1) is 9.56. The molecule has 1 aliphatic heterocycles. The Morgan fingerprint density at radius 1 is 1.30 bits per heavy atom. The van der Waals surface area contributed by atoms with Crippen LogP contribution in [-0.4, -0.2) is 35.0 Å². The fourth-order valence-electron chi connectivity index (χ4n) is 2.57. The van der Waals surface area contributed by atoms with Gasteiger partial charge in [0.15, 0.2) is 0 Å². The highest BCUT2D eigenvalue weighted by atomic mass is 16.4. The third-order valence-electron chi connectivity index (χ3n) is 3.87. The van der Waals surface area contributed by atoms with Crippen molar-refractivity contribution in [1.82, 2.24) is 4.90 Å². The number of aryl methyl sites for hydroxylation is 2. The second kappa shape index (κ2) is 6.55. The molecule has 1 aromatic rings. The molecule has 0 bridgehead atoms. The predicted octanol–water partition coefficient (Wildman–Crippen LogP) is 2.25. The zero-order valence-corrected chi connectivity index (χ0v) is 11.8. The van der Waals surface area contributed by atoms with Gasteiger partial charge in [0.25, 0.3) is 0 Å². The number of benzene rings is 1. The number of carbonyl (C=O) groups is 2. The van der Waals surface area contributed by atoms with Crippen LogP contribution in [0.4, 0.5) is 0 Å². The third kappa shape index (κ3) is 3.83. The number of amides is 1. The van der Waals surface area contributed by atoms with Crippen LogP contribution in [0.1, 0.15) is 30.4 Å². The van der Waals surface area contributed by atoms with E-state index in [2.05, 4.69) is 0 Å². The average Bonchev–Trinajstić information content (AvgIpc) is 2.46. The van der Waals surface area contributed by atoms with Gasteiger partial charge in [0.05, 0.1) is 5.92 Å². The summed E-state index contributed by atoms with van der Waals surface area (Å²) in [5, 5.41) is 9.03. The van der Waals surface area contributed by atoms with Crippen LogP contribution in [-0.2, 0) is 16.0 Å². The van der Waals surface area contributed by atoms with Gasteiger partial charge in [0.1, 0.15) is 0 Å². The number of likely N-dealkylation sites (tertiary alicyclic amines) is 1. The molecular formula is C16H21NO3. The van der Waals surface area contributed by atoms with E-state index in [-0.39, 0.29) is 5.91 Å². The van der Waals surface area contributed by atoms with Gasteiger partial charge in [-0.05, 0) is 31.7 Å². The Balaban J connectivity index is 1.85. The molecule has 0 saturated carbocycles. The van der Waals surface area contributed by atoms with E-state index in [1.54, 1.807) is 4.90 Å². The highest BCUT2D eigenvalue weighted by Crippen LogP contribution is 2.18. The summed E-state index contributed by atoms with van der Waals surface area (Å²) in [5.41, 5.74) is 2.36. The van der Waals surface area contributed by atoms with Crippen LogP contribution in [0.3, 0.4) is 0 Å². The molecule has 0 aliphatic carbocycles. The molecule has 1 amide bonds. The van der Waals surface area contributed by atoms with Crippen molar-refractivity contribution < 1.29 is 14.7 Å². The summed E-state index contributed by atoms with van der Waals surface area (Å²) in [5.74, 6) is -1.12. The van der Waals surface area contributed by atoms with E-state index in [0.29, 0.717) is 32.4 Å². The number of hydrogen-bond donors (Lipinski definition) is 1. The number of carbonyl (C=O) groups excluding carboxylic acids is 1. The lowest BCUT2D eigenvalue weighted by atomic mass is 9.97. The van der Waals surface area contributed by atoms with Gasteiger partial charge in [0.2, 0.25) is 5.91 Å². The molecule has 1 fully saturated rings. The summed E-state index contributed by atoms with van der Waals surface area (Å²) in [7, 11) is 0. The zero-order chi connectivity index (χ0) is 14.5. The van der Waals surface area contributed by atoms with Crippen molar-refractivity contribution in [2.45, 2.75) is 32.6 Å². The second-order valence-corrected chi connectivity index (χ2v) is 5.50. The zero-order valence-electron chi connectivity index (χ0n) is 11.8. The number of aliphatic carboxylic acids is 1. The van der Waals surface area contributed by atoms with E-state index in [1.807, 2.05) is 31.2 Å². The summed E-state index contributed by atoms with van der Waals surface area (Å²) in [6.07, 6.45) is 2.63. The monoisotopic (exact) mass is 275 g/mol. The molecule has 1 heterocycles. The average molecular weight is 275 g/mol. The first-order valence-corrected chi connectivity index (χ1v) is 7.12. The molecule has 4 heteroatoms. The van der Waals surface area contributed by atoms with Crippen molar-refractivity contribution in [3.05, 3.63) is 35.4 Å². The van der Waals surface area contributed by atoms with E-state index in [9.17, 15) is 9.59 Å². The number of carboxylic acids is 1. The lowest BCUT2D eigenvalue weighted by molar-refractivity contribution is -0.145. The standard InChI is InChI=1S/C16H21NO3/c1-12-4-6-13(7-5-12)8-9-15(18)17-10-2-3-14(11-17)16(19)20/h4-7,14H,2-3,8-11H2,1H3,(H,19,20)/t14-/m1/s1. The van der Waals surface area contributed by atoms with Crippen LogP contribution < -0.4 is 0 Å². The third-order valence-corrected chi connectivity index (χ3v) is 3.87. The molecule has 0 radical (unpaired) electrons. The minimum Gasteiger partial charge on any atom is -0.481 e. The highest BCUT2D eigenvalue weighted by Gasteiger charge is 2.27. The molecule has 20 heavy (non-hydrogen) atoms. The van der Waals surface area contributed by atoms with Crippen molar-refractivity contribution in [3.63, 3.8) is 0 Å². The fourth-order valence-corrected chi connectivity index (χ4v) is 2.57. The van der Waals surface area contributed by atoms with Gasteiger partial charge in [-0.3, -0.25) is 9.59 Å². The normalized spacial score (nSPS) is 18.9. The maximum absolute atomic E-state index is 12.1. The van der Waals surface area contributed by atoms with E-state index in [4.69, 9.17) is 5.11 Å². The molecule has 4 nitrogen and oxygen atoms in total. The van der Waals surface area contributed by atoms with Gasteiger partial charge < -0.3 is 10.0 Å². The molecule has 1 N–H and O–H groups in total. The van der Waals surface area contributed by atoms with E-state index in [0.717, 1.165) is 12.0 Å². The van der Waals surface area contributed by atoms with Gasteiger partial charge in [-0.1, -0.05) is 29.8 Å². The Labute approximate surface area is 119 Å². The summed E-state index contributed by atoms with van der Waals surface area (Å²) >= 11 is 0. The molecule has 2 rings (SSSR count). The quantitative estimate of drug-likeness (QED) is 0.917. The van der Waals surface area contributed by atoms with Gasteiger partial charge in [-0.2, -0.15) is 0 Å². The van der Waals surface area contributed by atoms with Gasteiger partial charge in [-0.15, -0.1) is 0 Å².